The number of nitrogens with one attached hydrogen (secondary N) is 1. The quantitative estimate of drug-likeness (QED) is 0.707. The summed E-state index contributed by atoms with van der Waals surface area (Å²) in [5.74, 6) is -0.308. The molecule has 0 aliphatic rings. The fourth-order valence-electron chi connectivity index (χ4n) is 1.67. The van der Waals surface area contributed by atoms with Gasteiger partial charge in [0, 0.05) is 33.4 Å². The number of aromatic nitrogens is 1. The first-order valence-electron chi connectivity index (χ1n) is 6.54. The smallest absolute Gasteiger partial charge is 0.239 e. The Balaban J connectivity index is 2.36. The molecule has 0 aromatic carbocycles. The predicted molar refractivity (Wildman–Crippen MR) is 74.8 cm³/mol. The molecule has 0 radical (unpaired) electrons. The number of hydrogen-bond acceptors (Lipinski definition) is 4. The molecule has 0 aliphatic carbocycles. The summed E-state index contributed by atoms with van der Waals surface area (Å²) in [7, 11) is 1.61. The molecule has 6 nitrogen and oxygen atoms in total. The van der Waals surface area contributed by atoms with Crippen LogP contribution in [0.25, 0.3) is 0 Å². The van der Waals surface area contributed by atoms with Gasteiger partial charge in [-0.2, -0.15) is 0 Å². The molecule has 0 spiro atoms. The zero-order chi connectivity index (χ0) is 14.8. The zero-order valence-corrected chi connectivity index (χ0v) is 12.0. The first-order valence-corrected chi connectivity index (χ1v) is 6.54. The van der Waals surface area contributed by atoms with Crippen LogP contribution in [0.5, 0.6) is 0 Å². The minimum Gasteiger partial charge on any atom is -0.385 e. The summed E-state index contributed by atoms with van der Waals surface area (Å²) in [6.45, 7) is 2.97. The van der Waals surface area contributed by atoms with Crippen LogP contribution in [-0.2, 0) is 20.9 Å². The van der Waals surface area contributed by atoms with Gasteiger partial charge in [0.15, 0.2) is 0 Å². The molecule has 1 heterocycles. The molecular formula is C14H21N3O3. The van der Waals surface area contributed by atoms with Crippen molar-refractivity contribution in [2.45, 2.75) is 19.9 Å². The van der Waals surface area contributed by atoms with E-state index in [1.807, 2.05) is 18.2 Å². The largest absolute Gasteiger partial charge is 0.385 e. The fraction of sp³-hybridized carbons (Fsp3) is 0.500. The number of methoxy groups -OCH3 is 1. The Morgan fingerprint density at radius 1 is 1.40 bits per heavy atom. The average Bonchev–Trinajstić information content (AvgIpc) is 2.45. The third-order valence-electron chi connectivity index (χ3n) is 2.75. The van der Waals surface area contributed by atoms with Gasteiger partial charge in [-0.3, -0.25) is 14.6 Å². The minimum absolute atomic E-state index is 0.0614. The van der Waals surface area contributed by atoms with Gasteiger partial charge in [0.25, 0.3) is 0 Å². The van der Waals surface area contributed by atoms with Gasteiger partial charge >= 0.3 is 0 Å². The second-order valence-corrected chi connectivity index (χ2v) is 4.38. The molecule has 0 atom stereocenters. The maximum absolute atomic E-state index is 11.8. The normalized spacial score (nSPS) is 10.1. The Bertz CT molecular complexity index is 423. The third-order valence-corrected chi connectivity index (χ3v) is 2.75. The number of amides is 2. The molecule has 1 rings (SSSR count). The number of carbonyl (C=O) groups excluding carboxylic acids is 2. The van der Waals surface area contributed by atoms with Crippen LogP contribution in [0.4, 0.5) is 0 Å². The van der Waals surface area contributed by atoms with Crippen LogP contribution >= 0.6 is 0 Å². The summed E-state index contributed by atoms with van der Waals surface area (Å²) >= 11 is 0. The lowest BCUT2D eigenvalue weighted by atomic mass is 10.3. The van der Waals surface area contributed by atoms with Gasteiger partial charge < -0.3 is 15.0 Å². The Hall–Kier alpha value is -1.95. The van der Waals surface area contributed by atoms with E-state index in [1.54, 1.807) is 13.3 Å². The van der Waals surface area contributed by atoms with E-state index in [-0.39, 0.29) is 18.4 Å². The van der Waals surface area contributed by atoms with E-state index in [2.05, 4.69) is 10.3 Å². The van der Waals surface area contributed by atoms with Crippen LogP contribution in [0.2, 0.25) is 0 Å². The Morgan fingerprint density at radius 3 is 2.80 bits per heavy atom. The third kappa shape index (κ3) is 6.29. The molecule has 0 saturated heterocycles. The topological polar surface area (TPSA) is 71.5 Å². The summed E-state index contributed by atoms with van der Waals surface area (Å²) in [6.07, 6.45) is 2.39. The van der Waals surface area contributed by atoms with Crippen molar-refractivity contribution in [3.63, 3.8) is 0 Å². The second kappa shape index (κ2) is 9.03. The summed E-state index contributed by atoms with van der Waals surface area (Å²) in [5.41, 5.74) is 0.787. The average molecular weight is 279 g/mol. The lowest BCUT2D eigenvalue weighted by Crippen LogP contribution is -2.40. The monoisotopic (exact) mass is 279 g/mol. The molecule has 0 fully saturated rings. The maximum atomic E-state index is 11.8. The summed E-state index contributed by atoms with van der Waals surface area (Å²) in [6, 6.07) is 5.52. The van der Waals surface area contributed by atoms with Gasteiger partial charge in [0.1, 0.15) is 0 Å². The number of carbonyl (C=O) groups is 2. The molecule has 2 amide bonds. The van der Waals surface area contributed by atoms with Crippen LogP contribution < -0.4 is 5.32 Å². The summed E-state index contributed by atoms with van der Waals surface area (Å²) in [4.78, 5) is 28.9. The summed E-state index contributed by atoms with van der Waals surface area (Å²) in [5, 5.41) is 2.75. The highest BCUT2D eigenvalue weighted by atomic mass is 16.5. The van der Waals surface area contributed by atoms with Gasteiger partial charge in [-0.1, -0.05) is 6.07 Å². The lowest BCUT2D eigenvalue weighted by molar-refractivity contribution is -0.134. The molecule has 6 heteroatoms. The van der Waals surface area contributed by atoms with Crippen molar-refractivity contribution in [1.29, 1.82) is 0 Å². The van der Waals surface area contributed by atoms with Crippen molar-refractivity contribution in [1.82, 2.24) is 15.2 Å². The van der Waals surface area contributed by atoms with E-state index in [9.17, 15) is 9.59 Å². The van der Waals surface area contributed by atoms with E-state index in [1.165, 1.54) is 11.8 Å². The molecule has 20 heavy (non-hydrogen) atoms. The first-order chi connectivity index (χ1) is 9.63. The van der Waals surface area contributed by atoms with E-state index >= 15 is 0 Å². The highest BCUT2D eigenvalue weighted by molar-refractivity contribution is 5.83. The molecule has 0 unspecified atom stereocenters. The molecule has 1 N–H and O–H groups in total. The van der Waals surface area contributed by atoms with Crippen molar-refractivity contribution >= 4 is 11.8 Å². The molecule has 0 aliphatic heterocycles. The van der Waals surface area contributed by atoms with E-state index in [4.69, 9.17) is 4.74 Å². The van der Waals surface area contributed by atoms with Gasteiger partial charge in [-0.25, -0.2) is 0 Å². The van der Waals surface area contributed by atoms with Gasteiger partial charge in [-0.15, -0.1) is 0 Å². The van der Waals surface area contributed by atoms with Crippen molar-refractivity contribution in [3.8, 4) is 0 Å². The van der Waals surface area contributed by atoms with Crippen molar-refractivity contribution in [3.05, 3.63) is 30.1 Å². The van der Waals surface area contributed by atoms with E-state index in [0.717, 1.165) is 5.69 Å². The van der Waals surface area contributed by atoms with Crippen LogP contribution in [-0.4, -0.2) is 48.5 Å². The fourth-order valence-corrected chi connectivity index (χ4v) is 1.67. The molecule has 0 saturated carbocycles. The van der Waals surface area contributed by atoms with Crippen LogP contribution in [0.15, 0.2) is 24.4 Å². The number of rotatable bonds is 8. The lowest BCUT2D eigenvalue weighted by Gasteiger charge is -2.20. The zero-order valence-electron chi connectivity index (χ0n) is 12.0. The number of hydrogen-bond donors (Lipinski definition) is 1. The molecule has 0 bridgehead atoms. The van der Waals surface area contributed by atoms with E-state index < -0.39 is 0 Å². The maximum Gasteiger partial charge on any atom is 0.239 e. The highest BCUT2D eigenvalue weighted by Gasteiger charge is 2.12. The Morgan fingerprint density at radius 2 is 2.20 bits per heavy atom. The number of nitrogens with zero attached hydrogens (tertiary/aromatic N) is 2. The molecule has 1 aromatic heterocycles. The van der Waals surface area contributed by atoms with E-state index in [0.29, 0.717) is 26.1 Å². The van der Waals surface area contributed by atoms with Crippen LogP contribution in [0.1, 0.15) is 19.0 Å². The van der Waals surface area contributed by atoms with Gasteiger partial charge in [-0.05, 0) is 18.6 Å². The van der Waals surface area contributed by atoms with Crippen molar-refractivity contribution in [2.75, 3.05) is 26.8 Å². The molecule has 110 valence electrons. The Kier molecular flexibility index (Phi) is 7.27. The number of pyridine rings is 1. The first kappa shape index (κ1) is 16.1. The van der Waals surface area contributed by atoms with Crippen molar-refractivity contribution in [2.24, 2.45) is 0 Å². The SMILES string of the molecule is COCCCN(CC(=O)NCc1ccccn1)C(C)=O. The standard InChI is InChI=1S/C14H21N3O3/c1-12(18)17(8-5-9-20-2)11-14(19)16-10-13-6-3-4-7-15-13/h3-4,6-7H,5,8-11H2,1-2H3,(H,16,19). The highest BCUT2D eigenvalue weighted by Crippen LogP contribution is 1.95. The van der Waals surface area contributed by atoms with Gasteiger partial charge in [0.2, 0.25) is 11.8 Å². The minimum atomic E-state index is -0.191. The van der Waals surface area contributed by atoms with Crippen LogP contribution in [0.3, 0.4) is 0 Å². The van der Waals surface area contributed by atoms with Gasteiger partial charge in [0.05, 0.1) is 18.8 Å². The summed E-state index contributed by atoms with van der Waals surface area (Å²) < 4.78 is 4.94. The Labute approximate surface area is 119 Å². The van der Waals surface area contributed by atoms with Crippen LogP contribution in [0, 0.1) is 0 Å². The molecule has 1 aromatic rings. The second-order valence-electron chi connectivity index (χ2n) is 4.38. The number of ether oxygens (including phenoxy) is 1. The van der Waals surface area contributed by atoms with Crippen molar-refractivity contribution < 1.29 is 14.3 Å². The molecular weight excluding hydrogens is 258 g/mol. The predicted octanol–water partition coefficient (Wildman–Crippen LogP) is 0.583.